The summed E-state index contributed by atoms with van der Waals surface area (Å²) >= 11 is 0. The highest BCUT2D eigenvalue weighted by atomic mass is 19.4. The van der Waals surface area contributed by atoms with E-state index in [1.54, 1.807) is 19.7 Å². The molecule has 4 rings (SSSR count). The first-order chi connectivity index (χ1) is 25.5. The zero-order chi connectivity index (χ0) is 47.6. The molecule has 0 aliphatic heterocycles. The van der Waals surface area contributed by atoms with E-state index in [9.17, 15) is 53.9 Å². The fourth-order valence-corrected chi connectivity index (χ4v) is 7.12. The van der Waals surface area contributed by atoms with Crippen LogP contribution in [0.1, 0.15) is 0 Å². The van der Waals surface area contributed by atoms with Gasteiger partial charge in [-0.05, 0) is 0 Å². The molecule has 0 atom stereocenters. The van der Waals surface area contributed by atoms with Crippen LogP contribution in [-0.2, 0) is 28.6 Å². The van der Waals surface area contributed by atoms with Crippen LogP contribution in [0.3, 0.4) is 0 Å². The monoisotopic (exact) mass is 934 g/mol. The quantitative estimate of drug-likeness (QED) is 0.0841. The first-order valence-electron chi connectivity index (χ1n) is 13.4. The molecule has 0 amide bonds. The SMILES string of the molecule is C=C(F)C(=O)OC(F)(F)C(F)(F)C12C(F)(F)C3(F)C(F)(F)C(C(F)(F)C(F)(F)OC(=O)C(=C)F)(C1(F)F)C(F)(F)C(C(F)(F)C(F)(F)OC(=O)C(=C)F)(C3(F)F)C2(F)F. The van der Waals surface area contributed by atoms with Crippen LogP contribution < -0.4 is 0 Å². The molecule has 34 heteroatoms. The van der Waals surface area contributed by atoms with Crippen molar-refractivity contribution in [2.75, 3.05) is 0 Å². The van der Waals surface area contributed by atoms with E-state index in [1.165, 1.54) is 0 Å². The number of hydrogen-bond donors (Lipinski definition) is 0. The molecule has 0 aromatic heterocycles. The second kappa shape index (κ2) is 11.7. The predicted molar refractivity (Wildman–Crippen MR) is 120 cm³/mol. The number of halogens is 28. The van der Waals surface area contributed by atoms with Gasteiger partial charge in [-0.1, -0.05) is 19.7 Å². The minimum Gasteiger partial charge on any atom is -0.391 e. The molecule has 4 saturated carbocycles. The van der Waals surface area contributed by atoms with Crippen molar-refractivity contribution in [2.24, 2.45) is 16.2 Å². The molecule has 0 saturated heterocycles. The van der Waals surface area contributed by atoms with Crippen LogP contribution >= 0.6 is 0 Å². The molecule has 0 spiro atoms. The van der Waals surface area contributed by atoms with Gasteiger partial charge in [-0.3, -0.25) is 0 Å². The summed E-state index contributed by atoms with van der Waals surface area (Å²) in [5, 5.41) is 0. The van der Waals surface area contributed by atoms with Crippen molar-refractivity contribution in [3.8, 4) is 0 Å². The molecule has 0 unspecified atom stereocenters. The highest BCUT2D eigenvalue weighted by Gasteiger charge is 3.29. The molecule has 4 bridgehead atoms. The van der Waals surface area contributed by atoms with Crippen LogP contribution in [0.4, 0.5) is 123 Å². The third kappa shape index (κ3) is 4.20. The standard InChI is InChI=1S/C25H6F28O6/c1-4(26)7(54)57-23(48,49)20(42,43)10-14(30,31)11(21(44,45)24(50,51)58-8(55)5(2)27)16(34,35)12(15(10,32)33,22(46,47)25(52,53)59-9(56)6(3)28)19(40,41)13(29,17(10,36)37)18(11,38)39/h1-3H2. The molecule has 0 aromatic rings. The molecule has 338 valence electrons. The Morgan fingerprint density at radius 3 is 0.627 bits per heavy atom. The Kier molecular flexibility index (Phi) is 9.75. The van der Waals surface area contributed by atoms with Gasteiger partial charge in [-0.25, -0.2) is 71.5 Å². The summed E-state index contributed by atoms with van der Waals surface area (Å²) in [5.41, 5.74) is -41.7. The summed E-state index contributed by atoms with van der Waals surface area (Å²) < 4.78 is 440. The average molecular weight is 934 g/mol. The minimum absolute atomic E-state index is 1.55. The van der Waals surface area contributed by atoms with E-state index in [1.807, 2.05) is 14.2 Å². The fourth-order valence-electron chi connectivity index (χ4n) is 7.12. The predicted octanol–water partition coefficient (Wildman–Crippen LogP) is 9.27. The van der Waals surface area contributed by atoms with Crippen molar-refractivity contribution in [2.45, 2.75) is 77.3 Å². The summed E-state index contributed by atoms with van der Waals surface area (Å²) in [6.07, 6.45) is -26.7. The molecule has 0 N–H and O–H groups in total. The van der Waals surface area contributed by atoms with Crippen LogP contribution in [0.15, 0.2) is 37.2 Å². The molecule has 4 aliphatic carbocycles. The number of ether oxygens (including phenoxy) is 3. The molecular weight excluding hydrogens is 928 g/mol. The van der Waals surface area contributed by atoms with E-state index in [0.29, 0.717) is 0 Å². The summed E-state index contributed by atoms with van der Waals surface area (Å²) in [6.45, 7) is 4.64. The van der Waals surface area contributed by atoms with Crippen molar-refractivity contribution in [1.82, 2.24) is 0 Å². The second-order valence-corrected chi connectivity index (χ2v) is 12.0. The van der Waals surface area contributed by atoms with Gasteiger partial charge in [0.05, 0.1) is 0 Å². The maximum atomic E-state index is 16.4. The van der Waals surface area contributed by atoms with E-state index in [-0.39, 0.29) is 0 Å². The fraction of sp³-hybridized carbons (Fsp3) is 0.640. The third-order valence-electron chi connectivity index (χ3n) is 9.37. The molecule has 0 heterocycles. The Labute approximate surface area is 301 Å². The zero-order valence-corrected chi connectivity index (χ0v) is 26.2. The Morgan fingerprint density at radius 1 is 0.339 bits per heavy atom. The van der Waals surface area contributed by atoms with E-state index in [0.717, 1.165) is 0 Å². The van der Waals surface area contributed by atoms with Gasteiger partial charge >= 0.3 is 77.4 Å². The normalized spacial score (nSPS) is 31.5. The summed E-state index contributed by atoms with van der Waals surface area (Å²) in [4.78, 5) is 33.6. The van der Waals surface area contributed by atoms with Crippen LogP contribution in [0, 0.1) is 16.2 Å². The van der Waals surface area contributed by atoms with Crippen molar-refractivity contribution >= 4 is 17.9 Å². The van der Waals surface area contributed by atoms with Gasteiger partial charge in [0.25, 0.3) is 17.8 Å². The number of alkyl halides is 25. The highest BCUT2D eigenvalue weighted by molar-refractivity contribution is 5.86. The Morgan fingerprint density at radius 2 is 0.492 bits per heavy atom. The summed E-state index contributed by atoms with van der Waals surface area (Å²) in [6, 6.07) is 0. The molecule has 59 heavy (non-hydrogen) atoms. The van der Waals surface area contributed by atoms with E-state index in [2.05, 4.69) is 0 Å². The Hall–Kier alpha value is -4.33. The van der Waals surface area contributed by atoms with Gasteiger partial charge < -0.3 is 14.2 Å². The van der Waals surface area contributed by atoms with Crippen LogP contribution in [0.2, 0.25) is 0 Å². The highest BCUT2D eigenvalue weighted by Crippen LogP contribution is 2.99. The van der Waals surface area contributed by atoms with E-state index >= 15 is 83.4 Å². The Bertz CT molecular complexity index is 1680. The van der Waals surface area contributed by atoms with Crippen molar-refractivity contribution in [3.63, 3.8) is 0 Å². The van der Waals surface area contributed by atoms with Gasteiger partial charge in [-0.2, -0.15) is 65.9 Å². The van der Waals surface area contributed by atoms with Crippen LogP contribution in [0.5, 0.6) is 0 Å². The van der Waals surface area contributed by atoms with Gasteiger partial charge in [0.1, 0.15) is 0 Å². The number of esters is 3. The first kappa shape index (κ1) is 49.0. The van der Waals surface area contributed by atoms with Crippen LogP contribution in [-0.4, -0.2) is 95.2 Å². The molecule has 4 fully saturated rings. The lowest BCUT2D eigenvalue weighted by Crippen LogP contribution is -3.10. The number of rotatable bonds is 12. The first-order valence-corrected chi connectivity index (χ1v) is 13.4. The lowest BCUT2D eigenvalue weighted by atomic mass is 9.26. The van der Waals surface area contributed by atoms with Crippen molar-refractivity contribution in [3.05, 3.63) is 37.2 Å². The summed E-state index contributed by atoms with van der Waals surface area (Å²) in [7, 11) is 0. The lowest BCUT2D eigenvalue weighted by molar-refractivity contribution is -0.684. The minimum atomic E-state index is -10.5. The maximum Gasteiger partial charge on any atom is 0.468 e. The summed E-state index contributed by atoms with van der Waals surface area (Å²) in [5.74, 6) is -115. The van der Waals surface area contributed by atoms with E-state index < -0.39 is 129 Å². The molecular formula is C25H6F28O6. The topological polar surface area (TPSA) is 78.9 Å². The van der Waals surface area contributed by atoms with Crippen LogP contribution in [0.25, 0.3) is 0 Å². The van der Waals surface area contributed by atoms with Crippen molar-refractivity contribution in [1.29, 1.82) is 0 Å². The average Bonchev–Trinajstić information content (AvgIpc) is 2.96. The molecule has 6 nitrogen and oxygen atoms in total. The molecule has 4 aliphatic rings. The smallest absolute Gasteiger partial charge is 0.391 e. The lowest BCUT2D eigenvalue weighted by Gasteiger charge is -2.80. The largest absolute Gasteiger partial charge is 0.468 e. The van der Waals surface area contributed by atoms with Gasteiger partial charge in [0.15, 0.2) is 0 Å². The van der Waals surface area contributed by atoms with Crippen molar-refractivity contribution < 1.29 is 152 Å². The van der Waals surface area contributed by atoms with Gasteiger partial charge in [0, 0.05) is 0 Å². The zero-order valence-electron chi connectivity index (χ0n) is 26.2. The van der Waals surface area contributed by atoms with E-state index in [4.69, 9.17) is 0 Å². The van der Waals surface area contributed by atoms with Gasteiger partial charge in [-0.15, -0.1) is 0 Å². The van der Waals surface area contributed by atoms with Gasteiger partial charge in [0.2, 0.25) is 33.7 Å². The number of carbonyl (C=O) groups excluding carboxylic acids is 3. The third-order valence-corrected chi connectivity index (χ3v) is 9.37. The molecule has 0 aromatic carbocycles. The Balaban J connectivity index is 3.07. The maximum absolute atomic E-state index is 16.4. The number of carbonyl (C=O) groups is 3. The second-order valence-electron chi connectivity index (χ2n) is 12.0. The number of hydrogen-bond acceptors (Lipinski definition) is 6. The molecule has 0 radical (unpaired) electrons.